The Hall–Kier alpha value is -0.780. The van der Waals surface area contributed by atoms with Crippen molar-refractivity contribution in [1.82, 2.24) is 0 Å². The van der Waals surface area contributed by atoms with Crippen LogP contribution in [0, 0.1) is 13.8 Å². The first-order valence-electron chi connectivity index (χ1n) is 7.19. The first-order valence-corrected chi connectivity index (χ1v) is 7.19. The highest BCUT2D eigenvalue weighted by Crippen LogP contribution is 2.22. The van der Waals surface area contributed by atoms with Gasteiger partial charge in [0.15, 0.2) is 0 Å². The standard InChI is InChI=1S/C11H16.3C2H6.CH4.H2/c1-8(2)11-9(3)6-5-7-10(11)4;3*1-2;;/h5-8H,1-4H3;3*1-2H3;1H4;1H/i;;;;;1+1. The number of benzene rings is 1. The molecule has 0 aliphatic rings. The molecule has 0 aliphatic heterocycles. The van der Waals surface area contributed by atoms with Crippen molar-refractivity contribution in [2.45, 2.75) is 82.6 Å². The van der Waals surface area contributed by atoms with Gasteiger partial charge in [-0.15, -0.1) is 0 Å². The van der Waals surface area contributed by atoms with Crippen molar-refractivity contribution in [3.05, 3.63) is 34.9 Å². The summed E-state index contributed by atoms with van der Waals surface area (Å²) in [6.07, 6.45) is 0. The summed E-state index contributed by atoms with van der Waals surface area (Å²) < 4.78 is 0. The SMILES string of the molecule is C.CC.CC.CC.Cc1cccc(C)c1C(C)C.[2HH]. The highest BCUT2D eigenvalue weighted by atomic mass is 14.1. The molecule has 112 valence electrons. The van der Waals surface area contributed by atoms with Crippen molar-refractivity contribution in [2.75, 3.05) is 0 Å². The van der Waals surface area contributed by atoms with E-state index < -0.39 is 0 Å². The van der Waals surface area contributed by atoms with Gasteiger partial charge in [-0.05, 0) is 36.5 Å². The summed E-state index contributed by atoms with van der Waals surface area (Å²) in [4.78, 5) is 0. The Balaban J connectivity index is -0.0000000724. The third kappa shape index (κ3) is 10.4. The van der Waals surface area contributed by atoms with Crippen molar-refractivity contribution in [3.63, 3.8) is 0 Å². The number of rotatable bonds is 1. The van der Waals surface area contributed by atoms with E-state index in [1.165, 1.54) is 16.7 Å². The summed E-state index contributed by atoms with van der Waals surface area (Å²) in [7, 11) is 0. The molecule has 0 aliphatic carbocycles. The summed E-state index contributed by atoms with van der Waals surface area (Å²) in [5.74, 6) is 0.649. The molecule has 1 rings (SSSR count). The lowest BCUT2D eigenvalue weighted by atomic mass is 9.94. The third-order valence-electron chi connectivity index (χ3n) is 2.12. The Morgan fingerprint density at radius 3 is 1.22 bits per heavy atom. The van der Waals surface area contributed by atoms with Gasteiger partial charge < -0.3 is 0 Å². The van der Waals surface area contributed by atoms with E-state index in [-0.39, 0.29) is 8.85 Å². The molecule has 0 heteroatoms. The molecule has 0 N–H and O–H groups in total. The minimum atomic E-state index is 0. The van der Waals surface area contributed by atoms with Crippen molar-refractivity contribution in [2.24, 2.45) is 0 Å². The molecule has 0 nitrogen and oxygen atoms in total. The summed E-state index contributed by atoms with van der Waals surface area (Å²) >= 11 is 0. The van der Waals surface area contributed by atoms with Crippen LogP contribution >= 0.6 is 0 Å². The minimum absolute atomic E-state index is 0. The predicted molar refractivity (Wildman–Crippen MR) is 92.9 cm³/mol. The third-order valence-corrected chi connectivity index (χ3v) is 2.12. The average molecular weight is 258 g/mol. The Bertz CT molecular complexity index is 232. The van der Waals surface area contributed by atoms with Gasteiger partial charge in [-0.1, -0.05) is 81.0 Å². The van der Waals surface area contributed by atoms with E-state index in [2.05, 4.69) is 45.9 Å². The maximum absolute atomic E-state index is 2.25. The number of aryl methyl sites for hydroxylation is 2. The molecule has 0 amide bonds. The van der Waals surface area contributed by atoms with Crippen LogP contribution in [0.4, 0.5) is 0 Å². The maximum atomic E-state index is 2.25. The molecule has 0 heterocycles. The van der Waals surface area contributed by atoms with E-state index in [0.717, 1.165) is 0 Å². The van der Waals surface area contributed by atoms with E-state index in [0.29, 0.717) is 5.92 Å². The molecular formula is C18H40. The zero-order chi connectivity index (χ0) is 14.4. The maximum Gasteiger partial charge on any atom is 0 e. The van der Waals surface area contributed by atoms with Crippen LogP contribution in [0.1, 0.15) is 86.9 Å². The van der Waals surface area contributed by atoms with Crippen LogP contribution in [0.2, 0.25) is 0 Å². The van der Waals surface area contributed by atoms with E-state index >= 15 is 0 Å². The Morgan fingerprint density at radius 2 is 1.06 bits per heavy atom. The van der Waals surface area contributed by atoms with Crippen molar-refractivity contribution >= 4 is 0 Å². The number of hydrogen-bond acceptors (Lipinski definition) is 0. The molecule has 0 bridgehead atoms. The van der Waals surface area contributed by atoms with Crippen LogP contribution in [0.25, 0.3) is 0 Å². The molecule has 1 aromatic carbocycles. The van der Waals surface area contributed by atoms with E-state index in [9.17, 15) is 0 Å². The van der Waals surface area contributed by atoms with Crippen molar-refractivity contribution < 1.29 is 1.43 Å². The van der Waals surface area contributed by atoms with Gasteiger partial charge in [0.25, 0.3) is 0 Å². The van der Waals surface area contributed by atoms with E-state index in [1.807, 2.05) is 41.5 Å². The highest BCUT2D eigenvalue weighted by Gasteiger charge is 2.04. The van der Waals surface area contributed by atoms with Gasteiger partial charge in [-0.3, -0.25) is 0 Å². The molecule has 1 aromatic rings. The van der Waals surface area contributed by atoms with Gasteiger partial charge in [-0.2, -0.15) is 0 Å². The zero-order valence-electron chi connectivity index (χ0n) is 13.8. The predicted octanol–water partition coefficient (Wildman–Crippen LogP) is 7.39. The lowest BCUT2D eigenvalue weighted by Crippen LogP contribution is -1.94. The second-order valence-corrected chi connectivity index (χ2v) is 3.46. The molecule has 18 heavy (non-hydrogen) atoms. The molecule has 0 fully saturated rings. The molecule has 0 saturated carbocycles. The lowest BCUT2D eigenvalue weighted by Gasteiger charge is -2.12. The van der Waals surface area contributed by atoms with E-state index in [4.69, 9.17) is 0 Å². The van der Waals surface area contributed by atoms with Crippen LogP contribution < -0.4 is 0 Å². The topological polar surface area (TPSA) is 0 Å². The van der Waals surface area contributed by atoms with Crippen LogP contribution in [0.3, 0.4) is 0 Å². The molecule has 0 saturated heterocycles. The van der Waals surface area contributed by atoms with Gasteiger partial charge in [0.1, 0.15) is 0 Å². The number of hydrogen-bond donors (Lipinski definition) is 0. The van der Waals surface area contributed by atoms with Gasteiger partial charge in [0.05, 0.1) is 0 Å². The summed E-state index contributed by atoms with van der Waals surface area (Å²) in [5, 5.41) is 0. The Labute approximate surface area is 119 Å². The quantitative estimate of drug-likeness (QED) is 0.492. The first kappa shape index (κ1) is 25.9. The monoisotopic (exact) mass is 257 g/mol. The van der Waals surface area contributed by atoms with Crippen molar-refractivity contribution in [1.29, 1.82) is 0 Å². The average Bonchev–Trinajstić information content (AvgIpc) is 2.36. The van der Waals surface area contributed by atoms with Crippen LogP contribution in [-0.2, 0) is 0 Å². The van der Waals surface area contributed by atoms with Crippen LogP contribution in [-0.4, -0.2) is 0 Å². The first-order chi connectivity index (χ1) is 8.13. The molecule has 0 radical (unpaired) electrons. The van der Waals surface area contributed by atoms with Gasteiger partial charge >= 0.3 is 0 Å². The molecular weight excluding hydrogens is 216 g/mol. The van der Waals surface area contributed by atoms with Gasteiger partial charge in [0.2, 0.25) is 0 Å². The van der Waals surface area contributed by atoms with Crippen LogP contribution in [0.15, 0.2) is 18.2 Å². The second-order valence-electron chi connectivity index (χ2n) is 3.46. The fourth-order valence-corrected chi connectivity index (χ4v) is 1.74. The summed E-state index contributed by atoms with van der Waals surface area (Å²) in [5.41, 5.74) is 4.34. The lowest BCUT2D eigenvalue weighted by molar-refractivity contribution is 0.846. The van der Waals surface area contributed by atoms with Gasteiger partial charge in [-0.25, -0.2) is 0 Å². The fraction of sp³-hybridized carbons (Fsp3) is 0.667. The molecule has 0 atom stereocenters. The van der Waals surface area contributed by atoms with E-state index in [1.54, 1.807) is 0 Å². The Kier molecular flexibility index (Phi) is 26.8. The summed E-state index contributed by atoms with van der Waals surface area (Å²) in [6, 6.07) is 6.49. The van der Waals surface area contributed by atoms with Crippen LogP contribution in [0.5, 0.6) is 0 Å². The molecule has 0 spiro atoms. The highest BCUT2D eigenvalue weighted by molar-refractivity contribution is 5.35. The normalized spacial score (nSPS) is 7.50. The van der Waals surface area contributed by atoms with Crippen molar-refractivity contribution in [3.8, 4) is 0 Å². The molecule has 0 unspecified atom stereocenters. The fourth-order valence-electron chi connectivity index (χ4n) is 1.74. The largest absolute Gasteiger partial charge is 0.0776 e. The smallest absolute Gasteiger partial charge is 0 e. The molecule has 0 aromatic heterocycles. The van der Waals surface area contributed by atoms with Gasteiger partial charge in [0, 0.05) is 1.43 Å². The second kappa shape index (κ2) is 18.6. The zero-order valence-corrected chi connectivity index (χ0v) is 13.8. The Morgan fingerprint density at radius 1 is 0.778 bits per heavy atom. The summed E-state index contributed by atoms with van der Waals surface area (Å²) in [6.45, 7) is 20.9. The minimum Gasteiger partial charge on any atom is -0.0776 e.